The van der Waals surface area contributed by atoms with E-state index in [1.807, 2.05) is 6.07 Å². The highest BCUT2D eigenvalue weighted by Gasteiger charge is 2.11. The number of hydrogen-bond donors (Lipinski definition) is 0. The number of halogens is 2. The Kier molecular flexibility index (Phi) is 3.36. The molecule has 0 spiro atoms. The molecule has 0 amide bonds. The first-order chi connectivity index (χ1) is 10.1. The van der Waals surface area contributed by atoms with Gasteiger partial charge in [-0.3, -0.25) is 4.79 Å². The molecule has 0 aliphatic carbocycles. The summed E-state index contributed by atoms with van der Waals surface area (Å²) >= 11 is 0. The molecule has 2 nitrogen and oxygen atoms in total. The molecule has 0 bridgehead atoms. The van der Waals surface area contributed by atoms with Gasteiger partial charge in [0.2, 0.25) is 0 Å². The molecule has 0 aliphatic heterocycles. The van der Waals surface area contributed by atoms with Crippen LogP contribution in [-0.2, 0) is 0 Å². The third-order valence-corrected chi connectivity index (χ3v) is 3.19. The van der Waals surface area contributed by atoms with Crippen LogP contribution in [0.1, 0.15) is 15.9 Å². The van der Waals surface area contributed by atoms with E-state index in [1.165, 1.54) is 6.07 Å². The minimum absolute atomic E-state index is 0.114. The number of nitrogens with zero attached hydrogens (tertiary/aromatic N) is 1. The van der Waals surface area contributed by atoms with E-state index in [1.54, 1.807) is 47.3 Å². The fourth-order valence-electron chi connectivity index (χ4n) is 2.09. The zero-order valence-corrected chi connectivity index (χ0v) is 11.0. The number of carbonyl (C=O) groups is 1. The van der Waals surface area contributed by atoms with Crippen molar-refractivity contribution >= 4 is 5.78 Å². The summed E-state index contributed by atoms with van der Waals surface area (Å²) < 4.78 is 27.8. The molecular weight excluding hydrogens is 272 g/mol. The Hall–Kier alpha value is -2.75. The van der Waals surface area contributed by atoms with Crippen LogP contribution in [0.25, 0.3) is 5.69 Å². The third-order valence-electron chi connectivity index (χ3n) is 3.19. The smallest absolute Gasteiger partial charge is 0.194 e. The minimum Gasteiger partial charge on any atom is -0.323 e. The molecule has 0 unspecified atom stereocenters. The molecule has 0 fully saturated rings. The largest absolute Gasteiger partial charge is 0.323 e. The molecule has 0 saturated carbocycles. The molecule has 3 aromatic rings. The Balaban J connectivity index is 1.93. The van der Waals surface area contributed by atoms with Crippen molar-refractivity contribution in [3.8, 4) is 5.69 Å². The van der Waals surface area contributed by atoms with E-state index in [9.17, 15) is 13.6 Å². The van der Waals surface area contributed by atoms with Crippen molar-refractivity contribution in [2.24, 2.45) is 0 Å². The Bertz CT molecular complexity index is 794. The number of aromatic nitrogens is 1. The highest BCUT2D eigenvalue weighted by atomic mass is 19.2. The van der Waals surface area contributed by atoms with Crippen LogP contribution < -0.4 is 0 Å². The predicted octanol–water partition coefficient (Wildman–Crippen LogP) is 3.99. The quantitative estimate of drug-likeness (QED) is 0.666. The second-order valence-corrected chi connectivity index (χ2v) is 4.60. The molecule has 0 saturated heterocycles. The monoisotopic (exact) mass is 283 g/mol. The Labute approximate surface area is 120 Å². The van der Waals surface area contributed by atoms with Crippen molar-refractivity contribution in [2.45, 2.75) is 0 Å². The number of carbonyl (C=O) groups excluding carboxylic acids is 1. The van der Waals surface area contributed by atoms with Gasteiger partial charge >= 0.3 is 0 Å². The Morgan fingerprint density at radius 2 is 1.62 bits per heavy atom. The second-order valence-electron chi connectivity index (χ2n) is 4.60. The van der Waals surface area contributed by atoms with E-state index in [0.29, 0.717) is 16.8 Å². The highest BCUT2D eigenvalue weighted by Crippen LogP contribution is 2.16. The van der Waals surface area contributed by atoms with E-state index in [4.69, 9.17) is 0 Å². The van der Waals surface area contributed by atoms with E-state index < -0.39 is 11.6 Å². The topological polar surface area (TPSA) is 22.0 Å². The standard InChI is InChI=1S/C17H11F2NO/c18-15-7-6-14(10-16(15)19)20-9-8-13(11-20)17(21)12-4-2-1-3-5-12/h1-11H. The summed E-state index contributed by atoms with van der Waals surface area (Å²) in [4.78, 5) is 12.3. The van der Waals surface area contributed by atoms with Crippen LogP contribution in [0.4, 0.5) is 8.78 Å². The summed E-state index contributed by atoms with van der Waals surface area (Å²) in [5.74, 6) is -1.93. The zero-order chi connectivity index (χ0) is 14.8. The third kappa shape index (κ3) is 2.60. The van der Waals surface area contributed by atoms with Crippen LogP contribution in [0.2, 0.25) is 0 Å². The zero-order valence-electron chi connectivity index (χ0n) is 11.0. The highest BCUT2D eigenvalue weighted by molar-refractivity contribution is 6.08. The van der Waals surface area contributed by atoms with Crippen molar-refractivity contribution in [3.05, 3.63) is 89.8 Å². The van der Waals surface area contributed by atoms with Gasteiger partial charge in [0.15, 0.2) is 17.4 Å². The Morgan fingerprint density at radius 1 is 0.857 bits per heavy atom. The molecule has 0 N–H and O–H groups in total. The molecule has 21 heavy (non-hydrogen) atoms. The maximum Gasteiger partial charge on any atom is 0.194 e. The lowest BCUT2D eigenvalue weighted by Gasteiger charge is -2.03. The predicted molar refractivity (Wildman–Crippen MR) is 75.6 cm³/mol. The molecule has 0 aliphatic rings. The SMILES string of the molecule is O=C(c1ccccc1)c1ccn(-c2ccc(F)c(F)c2)c1. The molecule has 1 heterocycles. The van der Waals surface area contributed by atoms with Crippen molar-refractivity contribution in [1.29, 1.82) is 0 Å². The van der Waals surface area contributed by atoms with Crippen LogP contribution in [0.3, 0.4) is 0 Å². The number of benzene rings is 2. The molecule has 3 rings (SSSR count). The maximum absolute atomic E-state index is 13.2. The number of ketones is 1. The van der Waals surface area contributed by atoms with Gasteiger partial charge in [-0.05, 0) is 18.2 Å². The van der Waals surface area contributed by atoms with E-state index in [-0.39, 0.29) is 5.78 Å². The van der Waals surface area contributed by atoms with Gasteiger partial charge in [0.05, 0.1) is 0 Å². The van der Waals surface area contributed by atoms with Crippen molar-refractivity contribution in [3.63, 3.8) is 0 Å². The summed E-state index contributed by atoms with van der Waals surface area (Å²) in [6, 6.07) is 14.1. The van der Waals surface area contributed by atoms with Gasteiger partial charge in [-0.25, -0.2) is 8.78 Å². The van der Waals surface area contributed by atoms with Crippen molar-refractivity contribution in [1.82, 2.24) is 4.57 Å². The first kappa shape index (κ1) is 13.2. The van der Waals surface area contributed by atoms with Crippen LogP contribution >= 0.6 is 0 Å². The lowest BCUT2D eigenvalue weighted by Crippen LogP contribution is -1.99. The molecule has 4 heteroatoms. The summed E-state index contributed by atoms with van der Waals surface area (Å²) in [5.41, 5.74) is 1.53. The normalized spacial score (nSPS) is 10.6. The number of rotatable bonds is 3. The first-order valence-corrected chi connectivity index (χ1v) is 6.38. The maximum atomic E-state index is 13.2. The average Bonchev–Trinajstić information content (AvgIpc) is 3.00. The summed E-state index contributed by atoms with van der Waals surface area (Å²) in [7, 11) is 0. The van der Waals surface area contributed by atoms with Crippen molar-refractivity contribution in [2.75, 3.05) is 0 Å². The minimum atomic E-state index is -0.919. The fourth-order valence-corrected chi connectivity index (χ4v) is 2.09. The molecule has 1 aromatic heterocycles. The molecule has 0 radical (unpaired) electrons. The van der Waals surface area contributed by atoms with Crippen LogP contribution in [0.5, 0.6) is 0 Å². The van der Waals surface area contributed by atoms with E-state index in [0.717, 1.165) is 12.1 Å². The van der Waals surface area contributed by atoms with E-state index >= 15 is 0 Å². The summed E-state index contributed by atoms with van der Waals surface area (Å²) in [5, 5.41) is 0. The van der Waals surface area contributed by atoms with Gasteiger partial charge in [0, 0.05) is 35.3 Å². The molecule has 0 atom stereocenters. The van der Waals surface area contributed by atoms with Crippen molar-refractivity contribution < 1.29 is 13.6 Å². The van der Waals surface area contributed by atoms with Gasteiger partial charge in [-0.15, -0.1) is 0 Å². The fraction of sp³-hybridized carbons (Fsp3) is 0. The van der Waals surface area contributed by atoms with Gasteiger partial charge in [0.1, 0.15) is 0 Å². The van der Waals surface area contributed by atoms with Gasteiger partial charge in [-0.1, -0.05) is 30.3 Å². The van der Waals surface area contributed by atoms with Crippen LogP contribution in [0.15, 0.2) is 67.0 Å². The first-order valence-electron chi connectivity index (χ1n) is 6.38. The van der Waals surface area contributed by atoms with Gasteiger partial charge in [-0.2, -0.15) is 0 Å². The molecule has 2 aromatic carbocycles. The molecular formula is C17H11F2NO. The number of hydrogen-bond acceptors (Lipinski definition) is 1. The van der Waals surface area contributed by atoms with Crippen LogP contribution in [-0.4, -0.2) is 10.4 Å². The lowest BCUT2D eigenvalue weighted by molar-refractivity contribution is 0.103. The summed E-state index contributed by atoms with van der Waals surface area (Å²) in [6.45, 7) is 0. The molecule has 104 valence electrons. The second kappa shape index (κ2) is 5.32. The van der Waals surface area contributed by atoms with Crippen LogP contribution in [0, 0.1) is 11.6 Å². The van der Waals surface area contributed by atoms with Gasteiger partial charge in [0.25, 0.3) is 0 Å². The lowest BCUT2D eigenvalue weighted by atomic mass is 10.1. The van der Waals surface area contributed by atoms with Gasteiger partial charge < -0.3 is 4.57 Å². The Morgan fingerprint density at radius 3 is 2.33 bits per heavy atom. The van der Waals surface area contributed by atoms with E-state index in [2.05, 4.69) is 0 Å². The average molecular weight is 283 g/mol. The summed E-state index contributed by atoms with van der Waals surface area (Å²) in [6.07, 6.45) is 3.24.